The fourth-order valence-corrected chi connectivity index (χ4v) is 2.03. The van der Waals surface area contributed by atoms with Crippen LogP contribution in [-0.2, 0) is 6.42 Å². The van der Waals surface area contributed by atoms with Gasteiger partial charge in [0.2, 0.25) is 0 Å². The molecule has 0 aliphatic rings. The molecular formula is C14H15N3OS. The molecule has 0 spiro atoms. The highest BCUT2D eigenvalue weighted by Gasteiger charge is 2.05. The summed E-state index contributed by atoms with van der Waals surface area (Å²) in [6, 6.07) is 8.34. The Bertz CT molecular complexity index is 528. The van der Waals surface area contributed by atoms with Crippen molar-refractivity contribution in [2.75, 3.05) is 12.8 Å². The molecule has 0 radical (unpaired) electrons. The predicted octanol–water partition coefficient (Wildman–Crippen LogP) is 2.17. The van der Waals surface area contributed by atoms with Crippen molar-refractivity contribution in [2.45, 2.75) is 11.3 Å². The molecule has 0 fully saturated rings. The minimum absolute atomic E-state index is 0.186. The zero-order valence-corrected chi connectivity index (χ0v) is 11.5. The van der Waals surface area contributed by atoms with Gasteiger partial charge in [-0.3, -0.25) is 9.78 Å². The van der Waals surface area contributed by atoms with Crippen LogP contribution in [-0.4, -0.2) is 28.7 Å². The summed E-state index contributed by atoms with van der Waals surface area (Å²) in [6.07, 6.45) is 7.37. The molecule has 4 nitrogen and oxygen atoms in total. The van der Waals surface area contributed by atoms with Gasteiger partial charge in [0.15, 0.2) is 0 Å². The van der Waals surface area contributed by atoms with Gasteiger partial charge in [0.1, 0.15) is 5.69 Å². The average molecular weight is 273 g/mol. The van der Waals surface area contributed by atoms with Crippen molar-refractivity contribution in [2.24, 2.45) is 0 Å². The molecule has 1 amide bonds. The first-order valence-electron chi connectivity index (χ1n) is 5.97. The number of amides is 1. The molecule has 0 bridgehead atoms. The van der Waals surface area contributed by atoms with Crippen LogP contribution < -0.4 is 5.32 Å². The second-order valence-electron chi connectivity index (χ2n) is 3.94. The molecule has 0 saturated carbocycles. The van der Waals surface area contributed by atoms with Crippen LogP contribution in [0.1, 0.15) is 16.1 Å². The Morgan fingerprint density at radius 2 is 2.05 bits per heavy atom. The molecule has 19 heavy (non-hydrogen) atoms. The van der Waals surface area contributed by atoms with Gasteiger partial charge in [0, 0.05) is 23.8 Å². The van der Waals surface area contributed by atoms with E-state index in [9.17, 15) is 4.79 Å². The fraction of sp³-hybridized carbons (Fsp3) is 0.214. The maximum atomic E-state index is 11.7. The van der Waals surface area contributed by atoms with Crippen molar-refractivity contribution in [3.05, 3.63) is 54.1 Å². The zero-order chi connectivity index (χ0) is 13.5. The lowest BCUT2D eigenvalue weighted by Crippen LogP contribution is -2.26. The normalized spacial score (nSPS) is 10.2. The number of thioether (sulfide) groups is 1. The van der Waals surface area contributed by atoms with E-state index in [1.165, 1.54) is 22.9 Å². The number of hydrogen-bond acceptors (Lipinski definition) is 4. The lowest BCUT2D eigenvalue weighted by Gasteiger charge is -2.05. The Balaban J connectivity index is 1.81. The smallest absolute Gasteiger partial charge is 0.271 e. The lowest BCUT2D eigenvalue weighted by molar-refractivity contribution is 0.0949. The zero-order valence-electron chi connectivity index (χ0n) is 10.7. The van der Waals surface area contributed by atoms with Gasteiger partial charge in [-0.05, 0) is 30.4 Å². The number of carbonyl (C=O) groups is 1. The highest BCUT2D eigenvalue weighted by Crippen LogP contribution is 2.14. The summed E-state index contributed by atoms with van der Waals surface area (Å²) in [7, 11) is 0. The quantitative estimate of drug-likeness (QED) is 0.848. The molecule has 2 aromatic rings. The summed E-state index contributed by atoms with van der Waals surface area (Å²) < 4.78 is 0. The number of benzene rings is 1. The molecule has 0 saturated heterocycles. The molecule has 98 valence electrons. The van der Waals surface area contributed by atoms with E-state index in [4.69, 9.17) is 0 Å². The Morgan fingerprint density at radius 3 is 2.68 bits per heavy atom. The summed E-state index contributed by atoms with van der Waals surface area (Å²) in [6.45, 7) is 0.591. The maximum Gasteiger partial charge on any atom is 0.271 e. The van der Waals surface area contributed by atoms with E-state index >= 15 is 0 Å². The Morgan fingerprint density at radius 1 is 1.26 bits per heavy atom. The van der Waals surface area contributed by atoms with E-state index in [1.54, 1.807) is 18.0 Å². The molecule has 0 unspecified atom stereocenters. The third-order valence-corrected chi connectivity index (χ3v) is 3.40. The second-order valence-corrected chi connectivity index (χ2v) is 4.82. The first-order valence-corrected chi connectivity index (χ1v) is 7.19. The fourth-order valence-electron chi connectivity index (χ4n) is 1.62. The van der Waals surface area contributed by atoms with Crippen molar-refractivity contribution < 1.29 is 4.79 Å². The van der Waals surface area contributed by atoms with E-state index in [0.717, 1.165) is 6.42 Å². The summed E-state index contributed by atoms with van der Waals surface area (Å²) in [5, 5.41) is 2.83. The standard InChI is InChI=1S/C14H15N3OS/c1-19-12-4-2-11(3-5-12)6-7-17-14(18)13-10-15-8-9-16-13/h2-5,8-10H,6-7H2,1H3,(H,17,18). The predicted molar refractivity (Wildman–Crippen MR) is 76.3 cm³/mol. The van der Waals surface area contributed by atoms with Crippen LogP contribution in [0.25, 0.3) is 0 Å². The number of aromatic nitrogens is 2. The Hall–Kier alpha value is -1.88. The Kier molecular flexibility index (Phi) is 4.92. The minimum atomic E-state index is -0.186. The van der Waals surface area contributed by atoms with Gasteiger partial charge in [0.25, 0.3) is 5.91 Å². The number of nitrogens with zero attached hydrogens (tertiary/aromatic N) is 2. The molecule has 0 aliphatic carbocycles. The molecule has 1 heterocycles. The van der Waals surface area contributed by atoms with Gasteiger partial charge >= 0.3 is 0 Å². The van der Waals surface area contributed by atoms with Gasteiger partial charge in [-0.15, -0.1) is 11.8 Å². The maximum absolute atomic E-state index is 11.7. The molecule has 1 aromatic carbocycles. The van der Waals surface area contributed by atoms with Crippen LogP contribution >= 0.6 is 11.8 Å². The topological polar surface area (TPSA) is 54.9 Å². The lowest BCUT2D eigenvalue weighted by atomic mass is 10.1. The van der Waals surface area contributed by atoms with Crippen molar-refractivity contribution >= 4 is 17.7 Å². The van der Waals surface area contributed by atoms with Gasteiger partial charge in [0.05, 0.1) is 6.20 Å². The average Bonchev–Trinajstić information content (AvgIpc) is 2.49. The molecular weight excluding hydrogens is 258 g/mol. The van der Waals surface area contributed by atoms with Gasteiger partial charge in [-0.1, -0.05) is 12.1 Å². The molecule has 2 rings (SSSR count). The van der Waals surface area contributed by atoms with Crippen LogP contribution in [0.15, 0.2) is 47.8 Å². The highest BCUT2D eigenvalue weighted by molar-refractivity contribution is 7.98. The third kappa shape index (κ3) is 4.06. The van der Waals surface area contributed by atoms with E-state index in [2.05, 4.69) is 45.8 Å². The van der Waals surface area contributed by atoms with E-state index in [0.29, 0.717) is 12.2 Å². The number of hydrogen-bond donors (Lipinski definition) is 1. The monoisotopic (exact) mass is 273 g/mol. The van der Waals surface area contributed by atoms with E-state index < -0.39 is 0 Å². The summed E-state index contributed by atoms with van der Waals surface area (Å²) in [4.78, 5) is 20.8. The largest absolute Gasteiger partial charge is 0.350 e. The number of carbonyl (C=O) groups excluding carboxylic acids is 1. The summed E-state index contributed by atoms with van der Waals surface area (Å²) in [5.41, 5.74) is 1.55. The number of nitrogens with one attached hydrogen (secondary N) is 1. The molecule has 0 aliphatic heterocycles. The van der Waals surface area contributed by atoms with E-state index in [-0.39, 0.29) is 5.91 Å². The highest BCUT2D eigenvalue weighted by atomic mass is 32.2. The van der Waals surface area contributed by atoms with Crippen LogP contribution in [0.2, 0.25) is 0 Å². The number of rotatable bonds is 5. The van der Waals surface area contributed by atoms with Crippen LogP contribution in [0.4, 0.5) is 0 Å². The van der Waals surface area contributed by atoms with Crippen molar-refractivity contribution in [3.8, 4) is 0 Å². The van der Waals surface area contributed by atoms with Crippen molar-refractivity contribution in [1.82, 2.24) is 15.3 Å². The van der Waals surface area contributed by atoms with Crippen molar-refractivity contribution in [3.63, 3.8) is 0 Å². The van der Waals surface area contributed by atoms with Crippen LogP contribution in [0, 0.1) is 0 Å². The molecule has 5 heteroatoms. The SMILES string of the molecule is CSc1ccc(CCNC(=O)c2cnccn2)cc1. The van der Waals surface area contributed by atoms with Crippen molar-refractivity contribution in [1.29, 1.82) is 0 Å². The summed E-state index contributed by atoms with van der Waals surface area (Å²) in [5.74, 6) is -0.186. The van der Waals surface area contributed by atoms with Crippen LogP contribution in [0.5, 0.6) is 0 Å². The molecule has 0 atom stereocenters. The first kappa shape index (κ1) is 13.5. The molecule has 1 N–H and O–H groups in total. The van der Waals surface area contributed by atoms with Gasteiger partial charge < -0.3 is 5.32 Å². The van der Waals surface area contributed by atoms with E-state index in [1.807, 2.05) is 0 Å². The van der Waals surface area contributed by atoms with Gasteiger partial charge in [-0.2, -0.15) is 0 Å². The minimum Gasteiger partial charge on any atom is -0.350 e. The second kappa shape index (κ2) is 6.89. The first-order chi connectivity index (χ1) is 9.29. The third-order valence-electron chi connectivity index (χ3n) is 2.65. The van der Waals surface area contributed by atoms with Crippen LogP contribution in [0.3, 0.4) is 0 Å². The Labute approximate surface area is 116 Å². The summed E-state index contributed by atoms with van der Waals surface area (Å²) >= 11 is 1.72. The van der Waals surface area contributed by atoms with Gasteiger partial charge in [-0.25, -0.2) is 4.98 Å². The molecule has 1 aromatic heterocycles.